The number of benzene rings is 1. The molecule has 0 aliphatic rings. The average Bonchev–Trinajstić information content (AvgIpc) is 1.94. The molecule has 1 rings (SSSR count). The van der Waals surface area contributed by atoms with Gasteiger partial charge in [0.15, 0.2) is 0 Å². The molecule has 0 aromatic heterocycles. The summed E-state index contributed by atoms with van der Waals surface area (Å²) in [4.78, 5) is 0. The van der Waals surface area contributed by atoms with Crippen LogP contribution in [0.3, 0.4) is 0 Å². The fourth-order valence-corrected chi connectivity index (χ4v) is 0.716. The molecule has 0 atom stereocenters. The maximum absolute atomic E-state index is 11.6. The Morgan fingerprint density at radius 3 is 3.10 bits per heavy atom. The van der Waals surface area contributed by atoms with E-state index in [4.69, 9.17) is 0 Å². The van der Waals surface area contributed by atoms with Gasteiger partial charge in [0.2, 0.25) is 6.86 Å². The summed E-state index contributed by atoms with van der Waals surface area (Å²) < 4.78 is 16.2. The molecule has 0 aliphatic heterocycles. The largest absolute Gasteiger partial charge is 0.462 e. The number of hydrogen-bond acceptors (Lipinski definition) is 1. The Labute approximate surface area is 59.4 Å². The number of rotatable bonds is 2. The third-order valence-corrected chi connectivity index (χ3v) is 1.21. The molecule has 2 heteroatoms. The van der Waals surface area contributed by atoms with Gasteiger partial charge in [-0.25, -0.2) is 4.39 Å². The van der Waals surface area contributed by atoms with Crippen molar-refractivity contribution < 1.29 is 9.13 Å². The maximum atomic E-state index is 11.6. The van der Waals surface area contributed by atoms with Crippen molar-refractivity contribution in [1.29, 1.82) is 0 Å². The molecule has 0 fully saturated rings. The van der Waals surface area contributed by atoms with E-state index < -0.39 is 6.86 Å². The van der Waals surface area contributed by atoms with Gasteiger partial charge in [0.1, 0.15) is 5.75 Å². The number of para-hydroxylation sites is 1. The zero-order valence-corrected chi connectivity index (χ0v) is 5.73. The first-order valence-corrected chi connectivity index (χ1v) is 3.00. The van der Waals surface area contributed by atoms with Gasteiger partial charge in [-0.2, -0.15) is 0 Å². The van der Waals surface area contributed by atoms with Crippen molar-refractivity contribution in [2.75, 3.05) is 6.86 Å². The van der Waals surface area contributed by atoms with Crippen LogP contribution in [-0.4, -0.2) is 6.86 Å². The predicted molar refractivity (Wildman–Crippen MR) is 36.6 cm³/mol. The maximum Gasteiger partial charge on any atom is 0.228 e. The second-order valence-corrected chi connectivity index (χ2v) is 1.94. The van der Waals surface area contributed by atoms with Crippen molar-refractivity contribution in [3.63, 3.8) is 0 Å². The van der Waals surface area contributed by atoms with E-state index in [9.17, 15) is 4.39 Å². The second-order valence-electron chi connectivity index (χ2n) is 1.94. The summed E-state index contributed by atoms with van der Waals surface area (Å²) in [6.07, 6.45) is 0. The third kappa shape index (κ3) is 1.47. The van der Waals surface area contributed by atoms with E-state index in [1.807, 2.05) is 19.1 Å². The van der Waals surface area contributed by atoms with Crippen LogP contribution in [0.5, 0.6) is 5.75 Å². The van der Waals surface area contributed by atoms with Crippen LogP contribution < -0.4 is 4.74 Å². The summed E-state index contributed by atoms with van der Waals surface area (Å²) in [5, 5.41) is 0. The molecule has 1 aromatic rings. The Bertz CT molecular complexity index is 210. The molecule has 0 aliphatic carbocycles. The van der Waals surface area contributed by atoms with Crippen molar-refractivity contribution in [3.05, 3.63) is 29.8 Å². The first-order chi connectivity index (χ1) is 4.84. The third-order valence-electron chi connectivity index (χ3n) is 1.21. The first-order valence-electron chi connectivity index (χ1n) is 3.00. The molecule has 0 N–H and O–H groups in total. The Morgan fingerprint density at radius 2 is 2.50 bits per heavy atom. The lowest BCUT2D eigenvalue weighted by Gasteiger charge is -2.01. The Morgan fingerprint density at radius 1 is 1.70 bits per heavy atom. The number of aryl methyl sites for hydroxylation is 1. The highest BCUT2D eigenvalue weighted by molar-refractivity contribution is 5.30. The van der Waals surface area contributed by atoms with Gasteiger partial charge in [0.25, 0.3) is 0 Å². The van der Waals surface area contributed by atoms with Crippen molar-refractivity contribution >= 4 is 0 Å². The lowest BCUT2D eigenvalue weighted by Crippen LogP contribution is -1.91. The Balaban J connectivity index is 2.81. The highest BCUT2D eigenvalue weighted by Crippen LogP contribution is 2.14. The zero-order chi connectivity index (χ0) is 7.40. The number of ether oxygens (including phenoxy) is 1. The van der Waals surface area contributed by atoms with Gasteiger partial charge in [-0.1, -0.05) is 18.2 Å². The van der Waals surface area contributed by atoms with Gasteiger partial charge in [0.05, 0.1) is 0 Å². The van der Waals surface area contributed by atoms with E-state index in [1.54, 1.807) is 6.07 Å². The molecule has 1 nitrogen and oxygen atoms in total. The lowest BCUT2D eigenvalue weighted by molar-refractivity contribution is 0.190. The van der Waals surface area contributed by atoms with Crippen LogP contribution >= 0.6 is 0 Å². The zero-order valence-electron chi connectivity index (χ0n) is 5.73. The Kier molecular flexibility index (Phi) is 2.26. The summed E-state index contributed by atoms with van der Waals surface area (Å²) in [7, 11) is 0. The molecule has 0 unspecified atom stereocenters. The number of hydrogen-bond donors (Lipinski definition) is 0. The van der Waals surface area contributed by atoms with E-state index in [0.29, 0.717) is 5.75 Å². The molecule has 1 aromatic carbocycles. The highest BCUT2D eigenvalue weighted by atomic mass is 19.1. The first kappa shape index (κ1) is 7.06. The van der Waals surface area contributed by atoms with Crippen molar-refractivity contribution in [2.24, 2.45) is 0 Å². The predicted octanol–water partition coefficient (Wildman–Crippen LogP) is 2.10. The quantitative estimate of drug-likeness (QED) is 0.609. The molecule has 0 saturated heterocycles. The van der Waals surface area contributed by atoms with Crippen LogP contribution in [0.15, 0.2) is 18.2 Å². The number of alkyl halides is 1. The fourth-order valence-electron chi connectivity index (χ4n) is 0.716. The molecular formula is C8H8FO. The van der Waals surface area contributed by atoms with E-state index >= 15 is 0 Å². The normalized spacial score (nSPS) is 9.40. The van der Waals surface area contributed by atoms with Crippen LogP contribution in [-0.2, 0) is 0 Å². The summed E-state index contributed by atoms with van der Waals surface area (Å²) in [5.41, 5.74) is 0.903. The summed E-state index contributed by atoms with van der Waals surface area (Å²) in [5.74, 6) is 0.491. The van der Waals surface area contributed by atoms with Gasteiger partial charge >= 0.3 is 0 Å². The average molecular weight is 139 g/mol. The summed E-state index contributed by atoms with van der Waals surface area (Å²) in [6.45, 7) is 1.06. The van der Waals surface area contributed by atoms with Crippen molar-refractivity contribution in [2.45, 2.75) is 6.92 Å². The summed E-state index contributed by atoms with van der Waals surface area (Å²) in [6, 6.07) is 8.15. The van der Waals surface area contributed by atoms with E-state index in [2.05, 4.69) is 10.8 Å². The van der Waals surface area contributed by atoms with Crippen LogP contribution in [0.2, 0.25) is 0 Å². The van der Waals surface area contributed by atoms with E-state index in [1.165, 1.54) is 0 Å². The SMILES string of the molecule is Cc1ccc[c]c1OCF. The molecule has 0 heterocycles. The smallest absolute Gasteiger partial charge is 0.228 e. The van der Waals surface area contributed by atoms with Crippen LogP contribution in [0.1, 0.15) is 5.56 Å². The fraction of sp³-hybridized carbons (Fsp3) is 0.250. The molecule has 1 radical (unpaired) electrons. The molecule has 0 amide bonds. The molecule has 10 heavy (non-hydrogen) atoms. The molecule has 53 valence electrons. The van der Waals surface area contributed by atoms with Crippen LogP contribution in [0.4, 0.5) is 4.39 Å². The van der Waals surface area contributed by atoms with E-state index in [-0.39, 0.29) is 0 Å². The minimum Gasteiger partial charge on any atom is -0.462 e. The highest BCUT2D eigenvalue weighted by Gasteiger charge is 1.94. The topological polar surface area (TPSA) is 9.23 Å². The Hall–Kier alpha value is -1.05. The minimum atomic E-state index is -0.790. The van der Waals surface area contributed by atoms with Gasteiger partial charge in [-0.3, -0.25) is 0 Å². The summed E-state index contributed by atoms with van der Waals surface area (Å²) >= 11 is 0. The minimum absolute atomic E-state index is 0.491. The standard InChI is InChI=1S/C8H8FO/c1-7-4-2-3-5-8(7)10-6-9/h2-4H,6H2,1H3. The lowest BCUT2D eigenvalue weighted by atomic mass is 10.2. The van der Waals surface area contributed by atoms with Crippen molar-refractivity contribution in [1.82, 2.24) is 0 Å². The molecule has 0 spiro atoms. The van der Waals surface area contributed by atoms with Gasteiger partial charge < -0.3 is 4.74 Å². The van der Waals surface area contributed by atoms with Gasteiger partial charge in [-0.05, 0) is 12.5 Å². The molecular weight excluding hydrogens is 131 g/mol. The number of halogens is 1. The second kappa shape index (κ2) is 3.20. The monoisotopic (exact) mass is 139 g/mol. The van der Waals surface area contributed by atoms with Crippen LogP contribution in [0, 0.1) is 13.0 Å². The van der Waals surface area contributed by atoms with Gasteiger partial charge in [0, 0.05) is 6.07 Å². The molecule has 0 bridgehead atoms. The van der Waals surface area contributed by atoms with Crippen molar-refractivity contribution in [3.8, 4) is 5.75 Å². The van der Waals surface area contributed by atoms with Gasteiger partial charge in [-0.15, -0.1) is 0 Å². The molecule has 0 saturated carbocycles. The van der Waals surface area contributed by atoms with E-state index in [0.717, 1.165) is 5.56 Å². The van der Waals surface area contributed by atoms with Crippen LogP contribution in [0.25, 0.3) is 0 Å².